The molecule has 5 aromatic rings. The minimum atomic E-state index is -0.253. The van der Waals surface area contributed by atoms with Crippen molar-refractivity contribution in [1.82, 2.24) is 24.5 Å². The summed E-state index contributed by atoms with van der Waals surface area (Å²) in [5.41, 5.74) is 4.36. The highest BCUT2D eigenvalue weighted by Crippen LogP contribution is 2.27. The van der Waals surface area contributed by atoms with E-state index in [0.29, 0.717) is 27.7 Å². The zero-order chi connectivity index (χ0) is 23.7. The van der Waals surface area contributed by atoms with Gasteiger partial charge in [-0.25, -0.2) is 9.67 Å². The average Bonchev–Trinajstić information content (AvgIpc) is 3.43. The lowest BCUT2D eigenvalue weighted by molar-refractivity contribution is 0.102. The lowest BCUT2D eigenvalue weighted by Crippen LogP contribution is -2.13. The number of hydrogen-bond acceptors (Lipinski definition) is 5. The summed E-state index contributed by atoms with van der Waals surface area (Å²) in [5, 5.41) is 12.9. The van der Waals surface area contributed by atoms with Gasteiger partial charge in [-0.1, -0.05) is 35.9 Å². The molecular weight excluding hydrogens is 452 g/mol. The van der Waals surface area contributed by atoms with Crippen molar-refractivity contribution in [3.8, 4) is 17.0 Å². The highest BCUT2D eigenvalue weighted by molar-refractivity contribution is 6.30. The molecule has 170 valence electrons. The van der Waals surface area contributed by atoms with Gasteiger partial charge in [0.15, 0.2) is 6.73 Å². The Morgan fingerprint density at radius 2 is 1.94 bits per heavy atom. The zero-order valence-corrected chi connectivity index (χ0v) is 19.3. The number of aromatic nitrogens is 5. The molecule has 2 aromatic carbocycles. The zero-order valence-electron chi connectivity index (χ0n) is 18.6. The van der Waals surface area contributed by atoms with Crippen LogP contribution in [0.25, 0.3) is 22.2 Å². The monoisotopic (exact) mass is 472 g/mol. The second kappa shape index (κ2) is 8.99. The summed E-state index contributed by atoms with van der Waals surface area (Å²) in [5.74, 6) is 0.381. The van der Waals surface area contributed by atoms with Crippen LogP contribution in [0.1, 0.15) is 16.1 Å². The van der Waals surface area contributed by atoms with E-state index in [-0.39, 0.29) is 12.6 Å². The van der Waals surface area contributed by atoms with Crippen LogP contribution in [-0.4, -0.2) is 30.5 Å². The Morgan fingerprint density at radius 3 is 2.74 bits per heavy atom. The molecule has 8 nitrogen and oxygen atoms in total. The Kier molecular flexibility index (Phi) is 5.73. The Labute approximate surface area is 200 Å². The normalized spacial score (nSPS) is 11.0. The van der Waals surface area contributed by atoms with Crippen molar-refractivity contribution in [3.63, 3.8) is 0 Å². The van der Waals surface area contributed by atoms with Crippen LogP contribution < -0.4 is 10.1 Å². The summed E-state index contributed by atoms with van der Waals surface area (Å²) in [6.07, 6.45) is 5.05. The molecule has 0 saturated heterocycles. The molecule has 0 atom stereocenters. The molecule has 0 spiro atoms. The maximum atomic E-state index is 13.3. The van der Waals surface area contributed by atoms with Crippen molar-refractivity contribution in [3.05, 3.63) is 89.5 Å². The van der Waals surface area contributed by atoms with Crippen molar-refractivity contribution in [2.45, 2.75) is 13.7 Å². The van der Waals surface area contributed by atoms with Crippen LogP contribution in [0.3, 0.4) is 0 Å². The van der Waals surface area contributed by atoms with Crippen molar-refractivity contribution in [2.75, 3.05) is 5.32 Å². The fourth-order valence-electron chi connectivity index (χ4n) is 3.65. The molecule has 0 fully saturated rings. The highest BCUT2D eigenvalue weighted by Gasteiger charge is 2.17. The SMILES string of the molecule is Cc1c(-c2cc(C(=O)Nc3cnn(COc4cccc(Cl)c4)c3)c3ccccc3n2)cnn1C. The van der Waals surface area contributed by atoms with Crippen LogP contribution in [0.2, 0.25) is 5.02 Å². The van der Waals surface area contributed by atoms with Crippen LogP contribution in [0.4, 0.5) is 5.69 Å². The van der Waals surface area contributed by atoms with Gasteiger partial charge < -0.3 is 10.1 Å². The van der Waals surface area contributed by atoms with Gasteiger partial charge in [-0.05, 0) is 37.3 Å². The van der Waals surface area contributed by atoms with E-state index in [9.17, 15) is 4.79 Å². The van der Waals surface area contributed by atoms with Gasteiger partial charge in [0.05, 0.1) is 41.1 Å². The molecule has 0 aliphatic carbocycles. The molecule has 34 heavy (non-hydrogen) atoms. The number of ether oxygens (including phenoxy) is 1. The van der Waals surface area contributed by atoms with Crippen LogP contribution in [0.15, 0.2) is 73.2 Å². The van der Waals surface area contributed by atoms with Crippen molar-refractivity contribution < 1.29 is 9.53 Å². The number of amides is 1. The number of rotatable bonds is 6. The van der Waals surface area contributed by atoms with Crippen LogP contribution in [-0.2, 0) is 13.8 Å². The molecule has 0 aliphatic heterocycles. The maximum absolute atomic E-state index is 13.3. The first kappa shape index (κ1) is 21.7. The first-order chi connectivity index (χ1) is 16.5. The number of anilines is 1. The van der Waals surface area contributed by atoms with Gasteiger partial charge in [-0.2, -0.15) is 10.2 Å². The average molecular weight is 473 g/mol. The first-order valence-corrected chi connectivity index (χ1v) is 11.0. The van der Waals surface area contributed by atoms with Gasteiger partial charge in [0.2, 0.25) is 0 Å². The van der Waals surface area contributed by atoms with Gasteiger partial charge in [-0.15, -0.1) is 0 Å². The highest BCUT2D eigenvalue weighted by atomic mass is 35.5. The summed E-state index contributed by atoms with van der Waals surface area (Å²) in [7, 11) is 1.88. The van der Waals surface area contributed by atoms with E-state index in [2.05, 4.69) is 15.5 Å². The number of hydrogen-bond donors (Lipinski definition) is 1. The number of para-hydroxylation sites is 1. The van der Waals surface area contributed by atoms with Crippen LogP contribution in [0.5, 0.6) is 5.75 Å². The van der Waals surface area contributed by atoms with Gasteiger partial charge in [0.1, 0.15) is 5.75 Å². The van der Waals surface area contributed by atoms with Crippen LogP contribution in [0, 0.1) is 6.92 Å². The lowest BCUT2D eigenvalue weighted by atomic mass is 10.0. The molecule has 0 radical (unpaired) electrons. The van der Waals surface area contributed by atoms with E-state index in [4.69, 9.17) is 21.3 Å². The molecule has 0 aliphatic rings. The largest absolute Gasteiger partial charge is 0.471 e. The quantitative estimate of drug-likeness (QED) is 0.372. The smallest absolute Gasteiger partial charge is 0.256 e. The molecule has 0 bridgehead atoms. The molecule has 3 heterocycles. The number of pyridine rings is 1. The molecule has 0 saturated carbocycles. The van der Waals surface area contributed by atoms with Crippen molar-refractivity contribution >= 4 is 34.1 Å². The summed E-state index contributed by atoms with van der Waals surface area (Å²) < 4.78 is 9.07. The maximum Gasteiger partial charge on any atom is 0.256 e. The molecule has 5 rings (SSSR count). The topological polar surface area (TPSA) is 86.9 Å². The third-order valence-electron chi connectivity index (χ3n) is 5.52. The summed E-state index contributed by atoms with van der Waals surface area (Å²) in [6, 6.07) is 16.5. The molecule has 9 heteroatoms. The standard InChI is InChI=1S/C25H21ClN6O2/c1-16-22(13-27-31(16)2)24-11-21(20-8-3-4-9-23(20)30-24)25(33)29-18-12-28-32(14-18)15-34-19-7-5-6-17(26)10-19/h3-14H,15H2,1-2H3,(H,29,33). The predicted octanol–water partition coefficient (Wildman–Crippen LogP) is 5.08. The number of nitrogens with one attached hydrogen (secondary N) is 1. The van der Waals surface area contributed by atoms with Gasteiger partial charge >= 0.3 is 0 Å². The molecule has 1 amide bonds. The Bertz CT molecular complexity index is 1510. The number of halogens is 1. The van der Waals surface area contributed by atoms with E-state index in [0.717, 1.165) is 22.2 Å². The van der Waals surface area contributed by atoms with E-state index in [1.807, 2.05) is 50.4 Å². The minimum Gasteiger partial charge on any atom is -0.471 e. The Balaban J connectivity index is 1.39. The summed E-state index contributed by atoms with van der Waals surface area (Å²) >= 11 is 5.99. The van der Waals surface area contributed by atoms with E-state index in [1.54, 1.807) is 46.2 Å². The Hall–Kier alpha value is -4.17. The third kappa shape index (κ3) is 4.35. The second-order valence-corrected chi connectivity index (χ2v) is 8.23. The molecule has 0 unspecified atom stereocenters. The molecule has 1 N–H and O–H groups in total. The van der Waals surface area contributed by atoms with Gasteiger partial charge in [-0.3, -0.25) is 9.48 Å². The fourth-order valence-corrected chi connectivity index (χ4v) is 3.83. The van der Waals surface area contributed by atoms with Gasteiger partial charge in [0, 0.05) is 28.7 Å². The van der Waals surface area contributed by atoms with E-state index >= 15 is 0 Å². The van der Waals surface area contributed by atoms with Crippen LogP contribution >= 0.6 is 11.6 Å². The van der Waals surface area contributed by atoms with Crippen molar-refractivity contribution in [2.24, 2.45) is 7.05 Å². The summed E-state index contributed by atoms with van der Waals surface area (Å²) in [4.78, 5) is 18.0. The Morgan fingerprint density at radius 1 is 1.09 bits per heavy atom. The summed E-state index contributed by atoms with van der Waals surface area (Å²) in [6.45, 7) is 2.15. The number of carbonyl (C=O) groups is 1. The van der Waals surface area contributed by atoms with Crippen molar-refractivity contribution in [1.29, 1.82) is 0 Å². The number of fused-ring (bicyclic) bond motifs is 1. The number of carbonyl (C=O) groups excluding carboxylic acids is 1. The van der Waals surface area contributed by atoms with Gasteiger partial charge in [0.25, 0.3) is 5.91 Å². The lowest BCUT2D eigenvalue weighted by Gasteiger charge is -2.10. The second-order valence-electron chi connectivity index (χ2n) is 7.79. The fraction of sp³-hybridized carbons (Fsp3) is 0.120. The molecular formula is C25H21ClN6O2. The van der Waals surface area contributed by atoms with E-state index < -0.39 is 0 Å². The van der Waals surface area contributed by atoms with E-state index in [1.165, 1.54) is 0 Å². The number of aryl methyl sites for hydroxylation is 1. The predicted molar refractivity (Wildman–Crippen MR) is 131 cm³/mol. The minimum absolute atomic E-state index is 0.179. The third-order valence-corrected chi connectivity index (χ3v) is 5.76. The first-order valence-electron chi connectivity index (χ1n) is 10.6. The number of nitrogens with zero attached hydrogens (tertiary/aromatic N) is 5. The molecule has 3 aromatic heterocycles. The number of benzene rings is 2.